The molecular formula is C26H25N3O6. The van der Waals surface area contributed by atoms with Gasteiger partial charge in [-0.05, 0) is 54.5 Å². The molecule has 3 amide bonds. The van der Waals surface area contributed by atoms with Gasteiger partial charge >= 0.3 is 0 Å². The number of benzene rings is 2. The zero-order chi connectivity index (χ0) is 24.9. The summed E-state index contributed by atoms with van der Waals surface area (Å²) < 4.78 is 5.33. The van der Waals surface area contributed by atoms with Gasteiger partial charge in [0, 0.05) is 17.8 Å². The molecule has 2 aliphatic carbocycles. The molecule has 0 radical (unpaired) electrons. The Kier molecular flexibility index (Phi) is 5.62. The molecule has 2 bridgehead atoms. The number of ether oxygens (including phenoxy) is 1. The molecule has 0 spiro atoms. The van der Waals surface area contributed by atoms with Crippen molar-refractivity contribution in [3.8, 4) is 5.75 Å². The van der Waals surface area contributed by atoms with Crippen LogP contribution in [0.25, 0.3) is 0 Å². The fourth-order valence-corrected chi connectivity index (χ4v) is 5.72. The van der Waals surface area contributed by atoms with Crippen LogP contribution in [-0.2, 0) is 14.4 Å². The zero-order valence-corrected chi connectivity index (χ0v) is 19.3. The van der Waals surface area contributed by atoms with Gasteiger partial charge in [-0.1, -0.05) is 24.3 Å². The van der Waals surface area contributed by atoms with E-state index in [1.54, 1.807) is 31.2 Å². The first kappa shape index (κ1) is 22.8. The second kappa shape index (κ2) is 8.65. The van der Waals surface area contributed by atoms with E-state index in [4.69, 9.17) is 4.74 Å². The number of hydrogen-bond donors (Lipinski definition) is 1. The molecule has 0 aromatic heterocycles. The topological polar surface area (TPSA) is 119 Å². The van der Waals surface area contributed by atoms with Crippen molar-refractivity contribution in [3.05, 3.63) is 75.9 Å². The molecule has 5 rings (SSSR count). The highest BCUT2D eigenvalue weighted by Crippen LogP contribution is 2.54. The Morgan fingerprint density at radius 3 is 2.43 bits per heavy atom. The van der Waals surface area contributed by atoms with Crippen LogP contribution in [-0.4, -0.2) is 34.7 Å². The summed E-state index contributed by atoms with van der Waals surface area (Å²) in [5.74, 6) is -0.930. The number of nitro benzene ring substituents is 1. The summed E-state index contributed by atoms with van der Waals surface area (Å²) in [7, 11) is 1.53. The smallest absolute Gasteiger partial charge is 0.269 e. The van der Waals surface area contributed by atoms with Gasteiger partial charge in [-0.3, -0.25) is 29.4 Å². The van der Waals surface area contributed by atoms with E-state index in [0.717, 1.165) is 6.42 Å². The highest BCUT2D eigenvalue weighted by molar-refractivity contribution is 6.07. The summed E-state index contributed by atoms with van der Waals surface area (Å²) in [5.41, 5.74) is 1.53. The molecule has 9 nitrogen and oxygen atoms in total. The van der Waals surface area contributed by atoms with Crippen LogP contribution < -0.4 is 10.1 Å². The number of anilines is 1. The molecule has 5 unspecified atom stereocenters. The molecule has 3 aliphatic rings. The van der Waals surface area contributed by atoms with Crippen molar-refractivity contribution < 1.29 is 24.0 Å². The molecule has 9 heteroatoms. The Bertz CT molecular complexity index is 1240. The van der Waals surface area contributed by atoms with E-state index in [0.29, 0.717) is 22.6 Å². The second-order valence-corrected chi connectivity index (χ2v) is 9.35. The van der Waals surface area contributed by atoms with Gasteiger partial charge in [-0.15, -0.1) is 0 Å². The first-order valence-electron chi connectivity index (χ1n) is 11.5. The Morgan fingerprint density at radius 1 is 1.14 bits per heavy atom. The third-order valence-corrected chi connectivity index (χ3v) is 7.37. The van der Waals surface area contributed by atoms with Crippen LogP contribution >= 0.6 is 0 Å². The molecule has 35 heavy (non-hydrogen) atoms. The number of nitrogens with zero attached hydrogens (tertiary/aromatic N) is 2. The maximum absolute atomic E-state index is 13.5. The molecule has 2 aromatic rings. The first-order chi connectivity index (χ1) is 16.8. The number of imide groups is 1. The van der Waals surface area contributed by atoms with E-state index in [1.165, 1.54) is 30.2 Å². The quantitative estimate of drug-likeness (QED) is 0.282. The highest BCUT2D eigenvalue weighted by atomic mass is 16.6. The van der Waals surface area contributed by atoms with Gasteiger partial charge in [0.1, 0.15) is 5.75 Å². The lowest BCUT2D eigenvalue weighted by Crippen LogP contribution is -2.38. The van der Waals surface area contributed by atoms with E-state index in [-0.39, 0.29) is 47.6 Å². The number of allylic oxidation sites excluding steroid dienone is 2. The normalized spacial score (nSPS) is 25.0. The van der Waals surface area contributed by atoms with Crippen LogP contribution in [0.15, 0.2) is 54.6 Å². The molecule has 2 fully saturated rings. The molecule has 1 heterocycles. The van der Waals surface area contributed by atoms with Crippen LogP contribution in [0.4, 0.5) is 11.4 Å². The Morgan fingerprint density at radius 2 is 1.83 bits per heavy atom. The fourth-order valence-electron chi connectivity index (χ4n) is 5.72. The molecule has 1 N–H and O–H groups in total. The molecule has 1 aliphatic heterocycles. The van der Waals surface area contributed by atoms with E-state index in [1.807, 2.05) is 12.2 Å². The summed E-state index contributed by atoms with van der Waals surface area (Å²) in [6, 6.07) is 10.4. The molecular weight excluding hydrogens is 450 g/mol. The number of non-ortho nitro benzene ring substituents is 1. The third kappa shape index (κ3) is 3.86. The van der Waals surface area contributed by atoms with Crippen molar-refractivity contribution in [2.24, 2.45) is 23.7 Å². The van der Waals surface area contributed by atoms with Gasteiger partial charge in [-0.2, -0.15) is 0 Å². The van der Waals surface area contributed by atoms with Gasteiger partial charge in [0.2, 0.25) is 17.7 Å². The van der Waals surface area contributed by atoms with Gasteiger partial charge in [0.25, 0.3) is 5.69 Å². The maximum atomic E-state index is 13.5. The molecule has 1 saturated heterocycles. The van der Waals surface area contributed by atoms with Crippen molar-refractivity contribution in [1.29, 1.82) is 0 Å². The zero-order valence-electron chi connectivity index (χ0n) is 19.3. The molecule has 180 valence electrons. The number of nitrogens with one attached hydrogen (secondary N) is 1. The Labute approximate surface area is 201 Å². The van der Waals surface area contributed by atoms with E-state index in [2.05, 4.69) is 5.32 Å². The summed E-state index contributed by atoms with van der Waals surface area (Å²) in [6.45, 7) is 1.67. The Hall–Kier alpha value is -4.01. The van der Waals surface area contributed by atoms with Crippen LogP contribution in [0, 0.1) is 40.7 Å². The molecule has 1 saturated carbocycles. The average molecular weight is 476 g/mol. The van der Waals surface area contributed by atoms with Crippen LogP contribution in [0.5, 0.6) is 5.75 Å². The summed E-state index contributed by atoms with van der Waals surface area (Å²) in [6.07, 6.45) is 4.74. The standard InChI is InChI=1S/C26H25N3O6/c1-14-10-18(29(33)34)8-9-20(14)27-22(30)13-21(15-4-3-5-19(12-15)35-2)28-25(31)23-16-6-7-17(11-16)24(23)26(28)32/h3-10,12,16-17,21,23-24H,11,13H2,1-2H3,(H,27,30). The summed E-state index contributed by atoms with van der Waals surface area (Å²) >= 11 is 0. The van der Waals surface area contributed by atoms with Crippen LogP contribution in [0.1, 0.15) is 30.0 Å². The largest absolute Gasteiger partial charge is 0.497 e. The molecule has 2 aromatic carbocycles. The SMILES string of the molecule is COc1cccc(C(CC(=O)Nc2ccc([N+](=O)[O-])cc2C)N2C(=O)C3C4C=CC(C4)C3C2=O)c1. The predicted molar refractivity (Wildman–Crippen MR) is 126 cm³/mol. The summed E-state index contributed by atoms with van der Waals surface area (Å²) in [5, 5.41) is 13.8. The number of carbonyl (C=O) groups excluding carboxylic acids is 3. The predicted octanol–water partition coefficient (Wildman–Crippen LogP) is 3.79. The molecule has 5 atom stereocenters. The minimum atomic E-state index is -0.798. The number of aryl methyl sites for hydroxylation is 1. The van der Waals surface area contributed by atoms with Crippen molar-refractivity contribution in [1.82, 2.24) is 4.90 Å². The minimum Gasteiger partial charge on any atom is -0.497 e. The first-order valence-corrected chi connectivity index (χ1v) is 11.5. The minimum absolute atomic E-state index is 0.0639. The van der Waals surface area contributed by atoms with Crippen LogP contribution in [0.2, 0.25) is 0 Å². The van der Waals surface area contributed by atoms with Gasteiger partial charge in [-0.25, -0.2) is 0 Å². The van der Waals surface area contributed by atoms with E-state index >= 15 is 0 Å². The van der Waals surface area contributed by atoms with Crippen molar-refractivity contribution in [3.63, 3.8) is 0 Å². The second-order valence-electron chi connectivity index (χ2n) is 9.35. The third-order valence-electron chi connectivity index (χ3n) is 7.37. The number of methoxy groups -OCH3 is 1. The van der Waals surface area contributed by atoms with E-state index in [9.17, 15) is 24.5 Å². The van der Waals surface area contributed by atoms with Crippen molar-refractivity contribution in [2.75, 3.05) is 12.4 Å². The number of rotatable bonds is 7. The lowest BCUT2D eigenvalue weighted by molar-refractivity contribution is -0.384. The lowest BCUT2D eigenvalue weighted by atomic mass is 9.85. The van der Waals surface area contributed by atoms with Gasteiger partial charge in [0.15, 0.2) is 0 Å². The number of likely N-dealkylation sites (tertiary alicyclic amines) is 1. The number of hydrogen-bond acceptors (Lipinski definition) is 6. The van der Waals surface area contributed by atoms with Crippen molar-refractivity contribution in [2.45, 2.75) is 25.8 Å². The number of carbonyl (C=O) groups is 3. The lowest BCUT2D eigenvalue weighted by Gasteiger charge is -2.28. The van der Waals surface area contributed by atoms with Gasteiger partial charge < -0.3 is 10.1 Å². The average Bonchev–Trinajstić information content (AvgIpc) is 3.53. The fraction of sp³-hybridized carbons (Fsp3) is 0.346. The van der Waals surface area contributed by atoms with Crippen LogP contribution in [0.3, 0.4) is 0 Å². The van der Waals surface area contributed by atoms with Crippen molar-refractivity contribution >= 4 is 29.1 Å². The Balaban J connectivity index is 1.44. The monoisotopic (exact) mass is 475 g/mol. The summed E-state index contributed by atoms with van der Waals surface area (Å²) in [4.78, 5) is 51.9. The van der Waals surface area contributed by atoms with E-state index < -0.39 is 16.9 Å². The maximum Gasteiger partial charge on any atom is 0.269 e. The number of nitro groups is 1. The van der Waals surface area contributed by atoms with Gasteiger partial charge in [0.05, 0.1) is 36.3 Å². The number of fused-ring (bicyclic) bond motifs is 5. The highest BCUT2D eigenvalue weighted by Gasteiger charge is 2.60. The number of amides is 3.